The summed E-state index contributed by atoms with van der Waals surface area (Å²) in [6.45, 7) is 8.50. The van der Waals surface area contributed by atoms with Gasteiger partial charge < -0.3 is 19.5 Å². The number of hydrogen-bond acceptors (Lipinski definition) is 5. The zero-order valence-electron chi connectivity index (χ0n) is 19.6. The maximum atomic E-state index is 13.1. The number of methoxy groups -OCH3 is 1. The number of benzene rings is 2. The summed E-state index contributed by atoms with van der Waals surface area (Å²) in [5, 5.41) is 11.6. The lowest BCUT2D eigenvalue weighted by atomic mass is 9.93. The first-order chi connectivity index (χ1) is 15.6. The maximum Gasteiger partial charge on any atom is 0.295 e. The van der Waals surface area contributed by atoms with Crippen molar-refractivity contribution in [2.75, 3.05) is 20.3 Å². The summed E-state index contributed by atoms with van der Waals surface area (Å²) in [6, 6.07) is 11.8. The Bertz CT molecular complexity index is 1060. The fourth-order valence-corrected chi connectivity index (χ4v) is 4.06. The van der Waals surface area contributed by atoms with E-state index in [9.17, 15) is 14.7 Å². The minimum atomic E-state index is -0.733. The van der Waals surface area contributed by atoms with Crippen LogP contribution in [0.15, 0.2) is 48.0 Å². The molecule has 1 heterocycles. The lowest BCUT2D eigenvalue weighted by molar-refractivity contribution is -0.140. The number of Topliss-reactive ketones (excluding diaryl/α,β-unsaturated/α-hetero) is 1. The van der Waals surface area contributed by atoms with Crippen LogP contribution in [0.4, 0.5) is 0 Å². The molecule has 1 unspecified atom stereocenters. The van der Waals surface area contributed by atoms with Crippen LogP contribution in [0.3, 0.4) is 0 Å². The van der Waals surface area contributed by atoms with Crippen LogP contribution in [-0.4, -0.2) is 48.1 Å². The van der Waals surface area contributed by atoms with Crippen LogP contribution in [-0.2, 0) is 14.3 Å². The van der Waals surface area contributed by atoms with Gasteiger partial charge in [-0.2, -0.15) is 0 Å². The Hall–Kier alpha value is -2.83. The molecule has 0 bridgehead atoms. The number of rotatable bonds is 8. The molecule has 0 spiro atoms. The number of ketones is 1. The van der Waals surface area contributed by atoms with Crippen LogP contribution in [0.5, 0.6) is 5.75 Å². The zero-order chi connectivity index (χ0) is 24.3. The molecule has 2 aromatic carbocycles. The molecule has 1 saturated heterocycles. The third-order valence-electron chi connectivity index (χ3n) is 5.67. The van der Waals surface area contributed by atoms with E-state index in [-0.39, 0.29) is 30.6 Å². The van der Waals surface area contributed by atoms with Crippen LogP contribution >= 0.6 is 11.6 Å². The van der Waals surface area contributed by atoms with Crippen molar-refractivity contribution < 1.29 is 24.2 Å². The Morgan fingerprint density at radius 2 is 1.76 bits per heavy atom. The van der Waals surface area contributed by atoms with E-state index in [1.54, 1.807) is 18.2 Å². The smallest absolute Gasteiger partial charge is 0.295 e. The molecule has 176 valence electrons. The Labute approximate surface area is 199 Å². The quantitative estimate of drug-likeness (QED) is 0.320. The molecule has 7 heteroatoms. The van der Waals surface area contributed by atoms with E-state index in [0.29, 0.717) is 22.3 Å². The lowest BCUT2D eigenvalue weighted by Gasteiger charge is -2.26. The van der Waals surface area contributed by atoms with Crippen LogP contribution in [0.1, 0.15) is 56.3 Å². The van der Waals surface area contributed by atoms with E-state index in [0.717, 1.165) is 11.1 Å². The Kier molecular flexibility index (Phi) is 7.82. The summed E-state index contributed by atoms with van der Waals surface area (Å²) in [6.07, 6.45) is -0.00729. The number of aliphatic hydroxyl groups excluding tert-OH is 1. The van der Waals surface area contributed by atoms with Crippen LogP contribution in [0, 0.1) is 0 Å². The number of likely N-dealkylation sites (tertiary alicyclic amines) is 1. The van der Waals surface area contributed by atoms with Gasteiger partial charge in [0.2, 0.25) is 0 Å². The van der Waals surface area contributed by atoms with Crippen molar-refractivity contribution in [3.05, 3.63) is 69.8 Å². The highest BCUT2D eigenvalue weighted by molar-refractivity contribution is 6.46. The van der Waals surface area contributed by atoms with Crippen molar-refractivity contribution in [1.29, 1.82) is 0 Å². The highest BCUT2D eigenvalue weighted by Crippen LogP contribution is 2.40. The standard InChI is InChI=1S/C26H30ClNO5/c1-15(2)17-6-8-18(9-7-17)23-22(24(29)19-10-11-20(27)21(14-19)32-5)25(30)26(31)28(23)12-13-33-16(3)4/h6-11,14-16,23,29H,12-13H2,1-5H3/b24-22-. The molecule has 0 aliphatic carbocycles. The Balaban J connectivity index is 2.11. The van der Waals surface area contributed by atoms with Gasteiger partial charge in [0, 0.05) is 12.1 Å². The number of halogens is 1. The third-order valence-corrected chi connectivity index (χ3v) is 5.98. The molecule has 1 N–H and O–H groups in total. The van der Waals surface area contributed by atoms with Crippen LogP contribution < -0.4 is 4.74 Å². The summed E-state index contributed by atoms with van der Waals surface area (Å²) >= 11 is 6.12. The van der Waals surface area contributed by atoms with Gasteiger partial charge in [-0.25, -0.2) is 0 Å². The van der Waals surface area contributed by atoms with Gasteiger partial charge in [0.05, 0.1) is 36.5 Å². The van der Waals surface area contributed by atoms with E-state index in [2.05, 4.69) is 13.8 Å². The second kappa shape index (κ2) is 10.4. The van der Waals surface area contributed by atoms with Gasteiger partial charge in [0.15, 0.2) is 0 Å². The van der Waals surface area contributed by atoms with Gasteiger partial charge in [-0.3, -0.25) is 9.59 Å². The van der Waals surface area contributed by atoms with Crippen molar-refractivity contribution >= 4 is 29.1 Å². The van der Waals surface area contributed by atoms with Crippen molar-refractivity contribution in [2.24, 2.45) is 0 Å². The molecule has 0 radical (unpaired) electrons. The number of ether oxygens (including phenoxy) is 2. The average Bonchev–Trinajstić information content (AvgIpc) is 3.03. The van der Waals surface area contributed by atoms with Gasteiger partial charge >= 0.3 is 0 Å². The van der Waals surface area contributed by atoms with Crippen molar-refractivity contribution in [1.82, 2.24) is 4.90 Å². The van der Waals surface area contributed by atoms with Crippen molar-refractivity contribution in [2.45, 2.75) is 45.8 Å². The number of nitrogens with zero attached hydrogens (tertiary/aromatic N) is 1. The summed E-state index contributed by atoms with van der Waals surface area (Å²) < 4.78 is 10.9. The first-order valence-electron chi connectivity index (χ1n) is 11.0. The van der Waals surface area contributed by atoms with Gasteiger partial charge in [-0.1, -0.05) is 49.7 Å². The SMILES string of the molecule is COc1cc(/C(O)=C2/C(=O)C(=O)N(CCOC(C)C)C2c2ccc(C(C)C)cc2)ccc1Cl. The van der Waals surface area contributed by atoms with Crippen molar-refractivity contribution in [3.8, 4) is 5.75 Å². The maximum absolute atomic E-state index is 13.1. The average molecular weight is 472 g/mol. The molecule has 1 aliphatic rings. The van der Waals surface area contributed by atoms with E-state index in [1.807, 2.05) is 38.1 Å². The second-order valence-corrected chi connectivity index (χ2v) is 8.99. The second-order valence-electron chi connectivity index (χ2n) is 8.58. The molecule has 0 aromatic heterocycles. The van der Waals surface area contributed by atoms with Crippen LogP contribution in [0.2, 0.25) is 5.02 Å². The Morgan fingerprint density at radius 1 is 1.09 bits per heavy atom. The predicted molar refractivity (Wildman–Crippen MR) is 129 cm³/mol. The van der Waals surface area contributed by atoms with E-state index < -0.39 is 17.7 Å². The summed E-state index contributed by atoms with van der Waals surface area (Å²) in [4.78, 5) is 27.6. The normalized spacial score (nSPS) is 17.9. The Morgan fingerprint density at radius 3 is 2.33 bits per heavy atom. The molecule has 1 aliphatic heterocycles. The summed E-state index contributed by atoms with van der Waals surface area (Å²) in [5.41, 5.74) is 2.26. The molecular formula is C26H30ClNO5. The zero-order valence-corrected chi connectivity index (χ0v) is 20.3. The number of carbonyl (C=O) groups is 2. The number of carbonyl (C=O) groups excluding carboxylic acids is 2. The molecule has 2 aromatic rings. The van der Waals surface area contributed by atoms with Gasteiger partial charge in [0.1, 0.15) is 11.5 Å². The van der Waals surface area contributed by atoms with Gasteiger partial charge in [0.25, 0.3) is 11.7 Å². The molecule has 33 heavy (non-hydrogen) atoms. The predicted octanol–water partition coefficient (Wildman–Crippen LogP) is 5.32. The molecular weight excluding hydrogens is 442 g/mol. The van der Waals surface area contributed by atoms with E-state index in [1.165, 1.54) is 12.0 Å². The van der Waals surface area contributed by atoms with E-state index in [4.69, 9.17) is 21.1 Å². The molecule has 1 amide bonds. The fraction of sp³-hybridized carbons (Fsp3) is 0.385. The summed E-state index contributed by atoms with van der Waals surface area (Å²) in [7, 11) is 1.47. The highest BCUT2D eigenvalue weighted by Gasteiger charge is 2.46. The number of aliphatic hydroxyl groups is 1. The third kappa shape index (κ3) is 5.23. The molecule has 0 saturated carbocycles. The largest absolute Gasteiger partial charge is 0.507 e. The van der Waals surface area contributed by atoms with Crippen molar-refractivity contribution in [3.63, 3.8) is 0 Å². The molecule has 6 nitrogen and oxygen atoms in total. The lowest BCUT2D eigenvalue weighted by Crippen LogP contribution is -2.33. The minimum absolute atomic E-state index is 0.00729. The first kappa shape index (κ1) is 24.8. The van der Waals surface area contributed by atoms with E-state index >= 15 is 0 Å². The number of hydrogen-bond donors (Lipinski definition) is 1. The van der Waals surface area contributed by atoms with Gasteiger partial charge in [-0.15, -0.1) is 0 Å². The summed E-state index contributed by atoms with van der Waals surface area (Å²) in [5.74, 6) is -0.968. The highest BCUT2D eigenvalue weighted by atomic mass is 35.5. The molecule has 3 rings (SSSR count). The topological polar surface area (TPSA) is 76.1 Å². The molecule has 1 atom stereocenters. The fourth-order valence-electron chi connectivity index (χ4n) is 3.87. The molecule has 1 fully saturated rings. The monoisotopic (exact) mass is 471 g/mol. The van der Waals surface area contributed by atoms with Gasteiger partial charge in [-0.05, 0) is 49.1 Å². The van der Waals surface area contributed by atoms with Crippen LogP contribution in [0.25, 0.3) is 5.76 Å². The first-order valence-corrected chi connectivity index (χ1v) is 11.4. The minimum Gasteiger partial charge on any atom is -0.507 e. The number of amides is 1.